The molecular formula is C21H18N4O3S. The zero-order valence-corrected chi connectivity index (χ0v) is 16.7. The molecule has 0 spiro atoms. The van der Waals surface area contributed by atoms with Crippen LogP contribution in [0.2, 0.25) is 0 Å². The molecule has 8 heteroatoms. The number of nitro groups is 1. The highest BCUT2D eigenvalue weighted by Crippen LogP contribution is 2.28. The molecule has 146 valence electrons. The Morgan fingerprint density at radius 2 is 1.93 bits per heavy atom. The molecule has 0 unspecified atom stereocenters. The van der Waals surface area contributed by atoms with Crippen LogP contribution < -0.4 is 4.80 Å². The van der Waals surface area contributed by atoms with Crippen molar-refractivity contribution in [1.29, 1.82) is 0 Å². The second kappa shape index (κ2) is 7.84. The largest absolute Gasteiger partial charge is 0.454 e. The molecule has 0 saturated carbocycles. The summed E-state index contributed by atoms with van der Waals surface area (Å²) in [4.78, 5) is 16.2. The summed E-state index contributed by atoms with van der Waals surface area (Å²) in [5.41, 5.74) is 1.94. The fraction of sp³-hybridized carbons (Fsp3) is 0.143. The molecule has 0 amide bonds. The third-order valence-electron chi connectivity index (χ3n) is 4.18. The highest BCUT2D eigenvalue weighted by molar-refractivity contribution is 7.07. The molecule has 4 aromatic rings. The summed E-state index contributed by atoms with van der Waals surface area (Å²) < 4.78 is 7.65. The highest BCUT2D eigenvalue weighted by atomic mass is 32.1. The second-order valence-corrected chi connectivity index (χ2v) is 7.48. The third-order valence-corrected chi connectivity index (χ3v) is 5.01. The Hall–Kier alpha value is -3.52. The fourth-order valence-electron chi connectivity index (χ4n) is 2.88. The molecule has 4 rings (SSSR count). The van der Waals surface area contributed by atoms with Crippen LogP contribution in [-0.2, 0) is 0 Å². The first-order chi connectivity index (χ1) is 14.0. The molecule has 2 heterocycles. The van der Waals surface area contributed by atoms with Crippen molar-refractivity contribution in [1.82, 2.24) is 4.68 Å². The van der Waals surface area contributed by atoms with E-state index < -0.39 is 4.92 Å². The van der Waals surface area contributed by atoms with Crippen LogP contribution in [0.4, 0.5) is 5.69 Å². The fourth-order valence-corrected chi connectivity index (χ4v) is 3.83. The van der Waals surface area contributed by atoms with Crippen molar-refractivity contribution in [2.24, 2.45) is 10.1 Å². The number of nitrogens with zero attached hydrogens (tertiary/aromatic N) is 4. The van der Waals surface area contributed by atoms with Crippen LogP contribution in [0, 0.1) is 10.1 Å². The number of benzene rings is 2. The smallest absolute Gasteiger partial charge is 0.278 e. The van der Waals surface area contributed by atoms with E-state index in [2.05, 4.69) is 10.1 Å². The van der Waals surface area contributed by atoms with Gasteiger partial charge in [-0.15, -0.1) is 11.3 Å². The Morgan fingerprint density at radius 1 is 1.17 bits per heavy atom. The van der Waals surface area contributed by atoms with E-state index in [1.54, 1.807) is 22.9 Å². The van der Waals surface area contributed by atoms with E-state index in [0.29, 0.717) is 16.1 Å². The summed E-state index contributed by atoms with van der Waals surface area (Å²) in [5.74, 6) is 0.660. The topological polar surface area (TPSA) is 85.9 Å². The first kappa shape index (κ1) is 18.8. The molecule has 0 fully saturated rings. The summed E-state index contributed by atoms with van der Waals surface area (Å²) >= 11 is 1.44. The molecule has 0 saturated heterocycles. The number of aromatic nitrogens is 1. The maximum absolute atomic E-state index is 11.3. The summed E-state index contributed by atoms with van der Waals surface area (Å²) in [6.07, 6.45) is 1.48. The molecule has 0 radical (unpaired) electrons. The van der Waals surface area contributed by atoms with Gasteiger partial charge in [-0.2, -0.15) is 5.10 Å². The minimum absolute atomic E-state index is 0.000264. The van der Waals surface area contributed by atoms with Crippen LogP contribution in [0.1, 0.15) is 19.4 Å². The van der Waals surface area contributed by atoms with Gasteiger partial charge in [0.1, 0.15) is 11.3 Å². The van der Waals surface area contributed by atoms with E-state index in [0.717, 1.165) is 16.7 Å². The van der Waals surface area contributed by atoms with Crippen LogP contribution in [0.25, 0.3) is 22.4 Å². The summed E-state index contributed by atoms with van der Waals surface area (Å²) in [7, 11) is 0. The van der Waals surface area contributed by atoms with Gasteiger partial charge >= 0.3 is 0 Å². The van der Waals surface area contributed by atoms with Gasteiger partial charge in [0.25, 0.3) is 5.69 Å². The first-order valence-electron chi connectivity index (χ1n) is 9.04. The van der Waals surface area contributed by atoms with Crippen LogP contribution >= 0.6 is 11.3 Å². The summed E-state index contributed by atoms with van der Waals surface area (Å²) in [6.45, 7) is 3.97. The maximum atomic E-state index is 11.3. The summed E-state index contributed by atoms with van der Waals surface area (Å²) in [5, 5.41) is 18.7. The Balaban J connectivity index is 1.85. The molecule has 0 N–H and O–H groups in total. The monoisotopic (exact) mass is 406 g/mol. The lowest BCUT2D eigenvalue weighted by Gasteiger charge is -2.02. The van der Waals surface area contributed by atoms with Gasteiger partial charge in [-0.3, -0.25) is 15.1 Å². The van der Waals surface area contributed by atoms with Crippen molar-refractivity contribution in [3.8, 4) is 11.5 Å². The quantitative estimate of drug-likeness (QED) is 0.264. The normalized spacial score (nSPS) is 12.4. The van der Waals surface area contributed by atoms with Gasteiger partial charge in [0, 0.05) is 22.9 Å². The van der Waals surface area contributed by atoms with Crippen molar-refractivity contribution in [2.45, 2.75) is 19.9 Å². The zero-order valence-electron chi connectivity index (χ0n) is 15.9. The predicted octanol–water partition coefficient (Wildman–Crippen LogP) is 5.06. The van der Waals surface area contributed by atoms with E-state index in [4.69, 9.17) is 4.42 Å². The van der Waals surface area contributed by atoms with Gasteiger partial charge in [0.2, 0.25) is 4.80 Å². The van der Waals surface area contributed by atoms with Crippen LogP contribution in [0.3, 0.4) is 0 Å². The third kappa shape index (κ3) is 3.88. The standard InChI is InChI=1S/C21H18N4O3S/c1-14(2)23-21-24(22-12-16-8-3-5-9-17(16)25(26)27)18(13-29-21)20-11-15-7-4-6-10-19(15)28-20/h3-14H,1-2H3. The number of para-hydroxylation sites is 2. The lowest BCUT2D eigenvalue weighted by molar-refractivity contribution is -0.385. The van der Waals surface area contributed by atoms with Gasteiger partial charge in [-0.05, 0) is 32.0 Å². The number of nitro benzene ring substituents is 1. The average Bonchev–Trinajstić information content (AvgIpc) is 3.29. The minimum atomic E-state index is -0.417. The van der Waals surface area contributed by atoms with E-state index in [1.165, 1.54) is 23.6 Å². The van der Waals surface area contributed by atoms with Gasteiger partial charge < -0.3 is 4.42 Å². The van der Waals surface area contributed by atoms with Gasteiger partial charge in [0.15, 0.2) is 5.76 Å². The van der Waals surface area contributed by atoms with Gasteiger partial charge in [0.05, 0.1) is 16.7 Å². The van der Waals surface area contributed by atoms with Crippen LogP contribution in [0.5, 0.6) is 0 Å². The lowest BCUT2D eigenvalue weighted by atomic mass is 10.2. The van der Waals surface area contributed by atoms with Gasteiger partial charge in [-0.25, -0.2) is 4.68 Å². The van der Waals surface area contributed by atoms with E-state index in [-0.39, 0.29) is 11.7 Å². The molecular weight excluding hydrogens is 388 g/mol. The number of hydrogen-bond donors (Lipinski definition) is 0. The molecule has 29 heavy (non-hydrogen) atoms. The molecule has 0 atom stereocenters. The SMILES string of the molecule is CC(C)N=c1scc(-c2cc3ccccc3o2)n1N=Cc1ccccc1[N+](=O)[O-]. The molecule has 0 bridgehead atoms. The Labute approximate surface area is 170 Å². The van der Waals surface area contributed by atoms with E-state index in [1.807, 2.05) is 49.6 Å². The van der Waals surface area contributed by atoms with Crippen LogP contribution in [0.15, 0.2) is 74.5 Å². The van der Waals surface area contributed by atoms with Crippen molar-refractivity contribution >= 4 is 34.2 Å². The second-order valence-electron chi connectivity index (χ2n) is 6.65. The number of rotatable bonds is 5. The average molecular weight is 406 g/mol. The van der Waals surface area contributed by atoms with E-state index in [9.17, 15) is 10.1 Å². The molecule has 2 aromatic heterocycles. The molecule has 0 aliphatic carbocycles. The molecule has 0 aliphatic heterocycles. The Morgan fingerprint density at radius 3 is 2.69 bits per heavy atom. The number of furan rings is 1. The number of fused-ring (bicyclic) bond motifs is 1. The molecule has 7 nitrogen and oxygen atoms in total. The van der Waals surface area contributed by atoms with E-state index >= 15 is 0 Å². The van der Waals surface area contributed by atoms with Crippen molar-refractivity contribution in [3.05, 3.63) is 80.5 Å². The van der Waals surface area contributed by atoms with Crippen molar-refractivity contribution in [2.75, 3.05) is 0 Å². The van der Waals surface area contributed by atoms with Crippen molar-refractivity contribution in [3.63, 3.8) is 0 Å². The molecule has 2 aromatic carbocycles. The maximum Gasteiger partial charge on any atom is 0.278 e. The highest BCUT2D eigenvalue weighted by Gasteiger charge is 2.14. The lowest BCUT2D eigenvalue weighted by Crippen LogP contribution is -2.14. The minimum Gasteiger partial charge on any atom is -0.454 e. The zero-order chi connectivity index (χ0) is 20.4. The Bertz CT molecular complexity index is 1250. The van der Waals surface area contributed by atoms with Crippen LogP contribution in [-0.4, -0.2) is 21.9 Å². The number of hydrogen-bond acceptors (Lipinski definition) is 6. The van der Waals surface area contributed by atoms with Gasteiger partial charge in [-0.1, -0.05) is 30.3 Å². The summed E-state index contributed by atoms with van der Waals surface area (Å²) in [6, 6.07) is 16.3. The first-order valence-corrected chi connectivity index (χ1v) is 9.92. The van der Waals surface area contributed by atoms with Crippen molar-refractivity contribution < 1.29 is 9.34 Å². The predicted molar refractivity (Wildman–Crippen MR) is 114 cm³/mol. The molecule has 0 aliphatic rings. The number of thiazole rings is 1. The Kier molecular flexibility index (Phi) is 5.09.